The standard InChI is InChI=1S/C23H24N6O2/c30-22(13-16-6-7-20-17(12-16)4-2-11-31-20)29-10-1-5-19(29)18-14-24-15-21(27-18)28-23-25-8-3-9-26-23/h3,6-9,12,14-15,19H,1-2,4-5,10-11,13H2,(H,25,26,27,28)/t19-/m0/s1. The summed E-state index contributed by atoms with van der Waals surface area (Å²) in [5.74, 6) is 2.09. The number of hydrogen-bond acceptors (Lipinski definition) is 7. The van der Waals surface area contributed by atoms with Crippen LogP contribution in [0.25, 0.3) is 0 Å². The van der Waals surface area contributed by atoms with E-state index in [0.717, 1.165) is 55.8 Å². The molecule has 1 amide bonds. The molecule has 1 saturated heterocycles. The summed E-state index contributed by atoms with van der Waals surface area (Å²) < 4.78 is 5.69. The minimum atomic E-state index is -0.0700. The molecule has 2 aliphatic heterocycles. The summed E-state index contributed by atoms with van der Waals surface area (Å²) in [4.78, 5) is 32.4. The topological polar surface area (TPSA) is 93.1 Å². The number of aryl methyl sites for hydroxylation is 1. The fourth-order valence-corrected chi connectivity index (χ4v) is 4.25. The zero-order valence-corrected chi connectivity index (χ0v) is 17.2. The highest BCUT2D eigenvalue weighted by Crippen LogP contribution is 2.32. The van der Waals surface area contributed by atoms with Gasteiger partial charge in [0.15, 0.2) is 5.82 Å². The van der Waals surface area contributed by atoms with Crippen molar-refractivity contribution in [3.63, 3.8) is 0 Å². The molecular formula is C23H24N6O2. The zero-order valence-electron chi connectivity index (χ0n) is 17.2. The first kappa shape index (κ1) is 19.4. The quantitative estimate of drug-likeness (QED) is 0.682. The van der Waals surface area contributed by atoms with E-state index in [1.165, 1.54) is 5.56 Å². The lowest BCUT2D eigenvalue weighted by Gasteiger charge is -2.25. The Morgan fingerprint density at radius 1 is 1.19 bits per heavy atom. The van der Waals surface area contributed by atoms with Crippen molar-refractivity contribution in [2.24, 2.45) is 0 Å². The molecule has 8 heteroatoms. The number of rotatable bonds is 5. The van der Waals surface area contributed by atoms with Crippen molar-refractivity contribution in [3.8, 4) is 5.75 Å². The summed E-state index contributed by atoms with van der Waals surface area (Å²) in [5, 5.41) is 3.07. The predicted octanol–water partition coefficient (Wildman–Crippen LogP) is 3.24. The van der Waals surface area contributed by atoms with Crippen LogP contribution in [0.15, 0.2) is 49.1 Å². The Morgan fingerprint density at radius 2 is 2.10 bits per heavy atom. The second kappa shape index (κ2) is 8.67. The fraction of sp³-hybridized carbons (Fsp3) is 0.348. The van der Waals surface area contributed by atoms with Gasteiger partial charge in [0.05, 0.1) is 37.2 Å². The summed E-state index contributed by atoms with van der Waals surface area (Å²) in [6, 6.07) is 7.79. The van der Waals surface area contributed by atoms with Gasteiger partial charge in [-0.3, -0.25) is 9.78 Å². The minimum absolute atomic E-state index is 0.0700. The van der Waals surface area contributed by atoms with Crippen LogP contribution in [0.3, 0.4) is 0 Å². The Labute approximate surface area is 180 Å². The van der Waals surface area contributed by atoms with E-state index in [-0.39, 0.29) is 11.9 Å². The molecule has 0 saturated carbocycles. The van der Waals surface area contributed by atoms with E-state index >= 15 is 0 Å². The van der Waals surface area contributed by atoms with E-state index in [1.807, 2.05) is 17.0 Å². The highest BCUT2D eigenvalue weighted by Gasteiger charge is 2.31. The third-order valence-electron chi connectivity index (χ3n) is 5.70. The predicted molar refractivity (Wildman–Crippen MR) is 115 cm³/mol. The Balaban J connectivity index is 1.30. The molecule has 1 N–H and O–H groups in total. The summed E-state index contributed by atoms with van der Waals surface area (Å²) in [7, 11) is 0. The average molecular weight is 416 g/mol. The summed E-state index contributed by atoms with van der Waals surface area (Å²) in [6.45, 7) is 1.50. The van der Waals surface area contributed by atoms with Gasteiger partial charge in [-0.1, -0.05) is 12.1 Å². The third kappa shape index (κ3) is 4.33. The van der Waals surface area contributed by atoms with Gasteiger partial charge in [0.1, 0.15) is 5.75 Å². The number of carbonyl (C=O) groups is 1. The Morgan fingerprint density at radius 3 is 3.00 bits per heavy atom. The van der Waals surface area contributed by atoms with E-state index in [9.17, 15) is 4.79 Å². The number of hydrogen-bond donors (Lipinski definition) is 1. The first-order valence-corrected chi connectivity index (χ1v) is 10.7. The number of carbonyl (C=O) groups excluding carboxylic acids is 1. The molecule has 0 aliphatic carbocycles. The molecule has 158 valence electrons. The Kier molecular flexibility index (Phi) is 5.43. The molecule has 1 fully saturated rings. The average Bonchev–Trinajstić information content (AvgIpc) is 3.30. The summed E-state index contributed by atoms with van der Waals surface area (Å²) >= 11 is 0. The van der Waals surface area contributed by atoms with Gasteiger partial charge >= 0.3 is 0 Å². The van der Waals surface area contributed by atoms with E-state index in [0.29, 0.717) is 18.2 Å². The Hall–Kier alpha value is -3.55. The molecule has 2 aromatic heterocycles. The molecule has 0 bridgehead atoms. The van der Waals surface area contributed by atoms with Gasteiger partial charge in [0.25, 0.3) is 0 Å². The number of ether oxygens (including phenoxy) is 1. The number of nitrogens with zero attached hydrogens (tertiary/aromatic N) is 5. The molecule has 8 nitrogen and oxygen atoms in total. The number of anilines is 2. The molecule has 5 rings (SSSR count). The van der Waals surface area contributed by atoms with E-state index < -0.39 is 0 Å². The number of fused-ring (bicyclic) bond motifs is 1. The molecule has 2 aliphatic rings. The zero-order chi connectivity index (χ0) is 21.0. The van der Waals surface area contributed by atoms with Crippen LogP contribution >= 0.6 is 0 Å². The lowest BCUT2D eigenvalue weighted by Crippen LogP contribution is -2.32. The maximum absolute atomic E-state index is 13.2. The molecule has 0 radical (unpaired) electrons. The highest BCUT2D eigenvalue weighted by atomic mass is 16.5. The van der Waals surface area contributed by atoms with Crippen LogP contribution in [0.4, 0.5) is 11.8 Å². The van der Waals surface area contributed by atoms with Crippen molar-refractivity contribution in [1.29, 1.82) is 0 Å². The van der Waals surface area contributed by atoms with Gasteiger partial charge < -0.3 is 15.0 Å². The molecule has 3 aromatic rings. The Bertz CT molecular complexity index is 1070. The normalized spacial score (nSPS) is 17.7. The van der Waals surface area contributed by atoms with Crippen LogP contribution in [-0.2, 0) is 17.6 Å². The number of likely N-dealkylation sites (tertiary alicyclic amines) is 1. The molecule has 31 heavy (non-hydrogen) atoms. The van der Waals surface area contributed by atoms with Crippen molar-refractivity contribution in [2.45, 2.75) is 38.1 Å². The summed E-state index contributed by atoms with van der Waals surface area (Å²) in [6.07, 6.45) is 10.9. The molecule has 0 unspecified atom stereocenters. The van der Waals surface area contributed by atoms with Crippen molar-refractivity contribution in [1.82, 2.24) is 24.8 Å². The number of amides is 1. The van der Waals surface area contributed by atoms with Crippen molar-refractivity contribution < 1.29 is 9.53 Å². The number of benzene rings is 1. The highest BCUT2D eigenvalue weighted by molar-refractivity contribution is 5.79. The molecule has 4 heterocycles. The van der Waals surface area contributed by atoms with Crippen LogP contribution in [0.1, 0.15) is 42.1 Å². The van der Waals surface area contributed by atoms with Gasteiger partial charge in [0, 0.05) is 18.9 Å². The van der Waals surface area contributed by atoms with Crippen LogP contribution in [0.2, 0.25) is 0 Å². The van der Waals surface area contributed by atoms with E-state index in [4.69, 9.17) is 4.74 Å². The SMILES string of the molecule is O=C(Cc1ccc2c(c1)CCCO2)N1CCC[C@H]1c1cncc(Nc2ncccn2)n1. The van der Waals surface area contributed by atoms with Gasteiger partial charge in [-0.15, -0.1) is 0 Å². The van der Waals surface area contributed by atoms with Gasteiger partial charge in [-0.2, -0.15) is 0 Å². The molecule has 1 atom stereocenters. The molecule has 1 aromatic carbocycles. The van der Waals surface area contributed by atoms with E-state index in [1.54, 1.807) is 30.9 Å². The van der Waals surface area contributed by atoms with E-state index in [2.05, 4.69) is 31.3 Å². The lowest BCUT2D eigenvalue weighted by molar-refractivity contribution is -0.131. The lowest BCUT2D eigenvalue weighted by atomic mass is 10.0. The largest absolute Gasteiger partial charge is 0.493 e. The number of aromatic nitrogens is 4. The summed E-state index contributed by atoms with van der Waals surface area (Å²) in [5.41, 5.74) is 3.01. The minimum Gasteiger partial charge on any atom is -0.493 e. The van der Waals surface area contributed by atoms with Crippen LogP contribution in [0.5, 0.6) is 5.75 Å². The van der Waals surface area contributed by atoms with Crippen LogP contribution in [-0.4, -0.2) is 43.9 Å². The second-order valence-electron chi connectivity index (χ2n) is 7.84. The molecule has 0 spiro atoms. The van der Waals surface area contributed by atoms with Crippen molar-refractivity contribution >= 4 is 17.7 Å². The first-order valence-electron chi connectivity index (χ1n) is 10.7. The van der Waals surface area contributed by atoms with Crippen LogP contribution < -0.4 is 10.1 Å². The van der Waals surface area contributed by atoms with Gasteiger partial charge in [0.2, 0.25) is 11.9 Å². The maximum atomic E-state index is 13.2. The third-order valence-corrected chi connectivity index (χ3v) is 5.70. The van der Waals surface area contributed by atoms with Crippen molar-refractivity contribution in [2.75, 3.05) is 18.5 Å². The van der Waals surface area contributed by atoms with Crippen LogP contribution in [0, 0.1) is 0 Å². The van der Waals surface area contributed by atoms with Gasteiger partial charge in [-0.05, 0) is 48.9 Å². The number of nitrogens with one attached hydrogen (secondary N) is 1. The second-order valence-corrected chi connectivity index (χ2v) is 7.84. The van der Waals surface area contributed by atoms with Crippen molar-refractivity contribution in [3.05, 3.63) is 65.9 Å². The maximum Gasteiger partial charge on any atom is 0.228 e. The molecular weight excluding hydrogens is 392 g/mol. The first-order chi connectivity index (χ1) is 15.3. The smallest absolute Gasteiger partial charge is 0.228 e. The van der Waals surface area contributed by atoms with Gasteiger partial charge in [-0.25, -0.2) is 15.0 Å². The monoisotopic (exact) mass is 416 g/mol. The fourth-order valence-electron chi connectivity index (χ4n) is 4.25.